The van der Waals surface area contributed by atoms with E-state index in [2.05, 4.69) is 41.3 Å². The van der Waals surface area contributed by atoms with Crippen LogP contribution in [0.25, 0.3) is 22.5 Å². The number of nitrogens with zero attached hydrogens (tertiary/aromatic N) is 4. The van der Waals surface area contributed by atoms with Crippen molar-refractivity contribution in [2.45, 2.75) is 38.5 Å². The zero-order valence-corrected chi connectivity index (χ0v) is 23.1. The minimum atomic E-state index is -0.190. The highest BCUT2D eigenvalue weighted by Crippen LogP contribution is 2.49. The number of carbonyl (C=O) groups is 1. The monoisotopic (exact) mass is 536 g/mol. The Bertz CT molecular complexity index is 1630. The van der Waals surface area contributed by atoms with Crippen LogP contribution in [0.2, 0.25) is 0 Å². The molecule has 4 heterocycles. The largest absolute Gasteiger partial charge is 0.633 e. The molecule has 0 aliphatic carbocycles. The third kappa shape index (κ3) is 4.10. The number of rotatable bonds is 3. The van der Waals surface area contributed by atoms with Gasteiger partial charge < -0.3 is 24.0 Å². The van der Waals surface area contributed by atoms with Crippen molar-refractivity contribution in [3.8, 4) is 28.3 Å². The van der Waals surface area contributed by atoms with E-state index in [9.17, 15) is 10.0 Å². The summed E-state index contributed by atoms with van der Waals surface area (Å²) in [7, 11) is 1.76. The number of quaternary nitrogens is 1. The first-order valence-corrected chi connectivity index (χ1v) is 13.9. The Labute approximate surface area is 233 Å². The summed E-state index contributed by atoms with van der Waals surface area (Å²) in [6, 6.07) is 18.2. The molecule has 7 rings (SSSR count). The molecule has 1 spiro atoms. The molecule has 1 fully saturated rings. The van der Waals surface area contributed by atoms with Gasteiger partial charge >= 0.3 is 0 Å². The van der Waals surface area contributed by atoms with Crippen molar-refractivity contribution >= 4 is 11.6 Å². The number of fused-ring (bicyclic) bond motifs is 3. The maximum atomic E-state index is 13.7. The summed E-state index contributed by atoms with van der Waals surface area (Å²) < 4.78 is 11.1. The fraction of sp³-hybridized carbons (Fsp3) is 0.344. The van der Waals surface area contributed by atoms with Crippen LogP contribution < -0.4 is 9.64 Å². The molecule has 1 aromatic heterocycles. The van der Waals surface area contributed by atoms with E-state index in [0.29, 0.717) is 43.5 Å². The van der Waals surface area contributed by atoms with Gasteiger partial charge in [0.1, 0.15) is 5.75 Å². The molecule has 1 amide bonds. The number of hydrogen-bond acceptors (Lipinski definition) is 6. The van der Waals surface area contributed by atoms with Crippen molar-refractivity contribution < 1.29 is 18.7 Å². The molecule has 3 aliphatic heterocycles. The van der Waals surface area contributed by atoms with Gasteiger partial charge in [-0.1, -0.05) is 29.4 Å². The number of benzene rings is 3. The average molecular weight is 537 g/mol. The molecule has 40 heavy (non-hydrogen) atoms. The summed E-state index contributed by atoms with van der Waals surface area (Å²) in [5, 5.41) is 16.5. The van der Waals surface area contributed by atoms with Gasteiger partial charge in [-0.05, 0) is 65.9 Å². The van der Waals surface area contributed by atoms with E-state index >= 15 is 0 Å². The van der Waals surface area contributed by atoms with Crippen LogP contribution in [0, 0.1) is 19.1 Å². The van der Waals surface area contributed by atoms with E-state index in [1.807, 2.05) is 35.2 Å². The zero-order valence-electron chi connectivity index (χ0n) is 23.1. The van der Waals surface area contributed by atoms with Gasteiger partial charge in [0.05, 0.1) is 26.7 Å². The summed E-state index contributed by atoms with van der Waals surface area (Å²) >= 11 is 0. The van der Waals surface area contributed by atoms with Crippen LogP contribution in [0.1, 0.15) is 45.8 Å². The van der Waals surface area contributed by atoms with Gasteiger partial charge in [-0.2, -0.15) is 4.98 Å². The molecular weight excluding hydrogens is 504 g/mol. The number of carbonyl (C=O) groups excluding carboxylic acids is 1. The number of hydrogen-bond donors (Lipinski definition) is 0. The first-order valence-electron chi connectivity index (χ1n) is 13.9. The molecule has 204 valence electrons. The molecule has 0 bridgehead atoms. The average Bonchev–Trinajstić information content (AvgIpc) is 3.66. The number of piperidine rings is 1. The highest BCUT2D eigenvalue weighted by Gasteiger charge is 2.46. The Morgan fingerprint density at radius 2 is 1.77 bits per heavy atom. The van der Waals surface area contributed by atoms with Gasteiger partial charge in [0.2, 0.25) is 11.7 Å². The lowest BCUT2D eigenvalue weighted by Gasteiger charge is -2.47. The first-order chi connectivity index (χ1) is 19.2. The second-order valence-electron chi connectivity index (χ2n) is 11.7. The third-order valence-corrected chi connectivity index (χ3v) is 8.98. The molecule has 0 atom stereocenters. The maximum Gasteiger partial charge on any atom is 0.258 e. The summed E-state index contributed by atoms with van der Waals surface area (Å²) in [5.41, 5.74) is 7.97. The lowest BCUT2D eigenvalue weighted by Crippen LogP contribution is -2.50. The molecule has 3 aromatic carbocycles. The lowest BCUT2D eigenvalue weighted by molar-refractivity contribution is -0.867. The summed E-state index contributed by atoms with van der Waals surface area (Å²) in [6.45, 7) is 6.29. The number of aryl methyl sites for hydroxylation is 2. The highest BCUT2D eigenvalue weighted by atomic mass is 16.5. The molecule has 8 heteroatoms. The van der Waals surface area contributed by atoms with E-state index in [1.54, 1.807) is 14.0 Å². The van der Waals surface area contributed by atoms with Crippen molar-refractivity contribution in [3.05, 3.63) is 87.9 Å². The molecule has 0 unspecified atom stereocenters. The molecule has 4 aromatic rings. The minimum Gasteiger partial charge on any atom is -0.633 e. The lowest BCUT2D eigenvalue weighted by atomic mass is 9.74. The van der Waals surface area contributed by atoms with Gasteiger partial charge in [-0.15, -0.1) is 0 Å². The molecule has 1 saturated heterocycles. The smallest absolute Gasteiger partial charge is 0.258 e. The fourth-order valence-corrected chi connectivity index (χ4v) is 6.50. The number of amides is 1. The minimum absolute atomic E-state index is 0.00482. The molecule has 0 saturated carbocycles. The summed E-state index contributed by atoms with van der Waals surface area (Å²) in [6.07, 6.45) is 2.43. The number of anilines is 1. The molecule has 8 nitrogen and oxygen atoms in total. The van der Waals surface area contributed by atoms with Gasteiger partial charge in [-0.25, -0.2) is 0 Å². The second-order valence-corrected chi connectivity index (χ2v) is 11.7. The first kappa shape index (κ1) is 25.0. The molecule has 3 aliphatic rings. The Morgan fingerprint density at radius 3 is 2.48 bits per heavy atom. The molecule has 0 N–H and O–H groups in total. The SMILES string of the molecule is Cc1nc(-c2ccc(-c3ccc(C(=O)N4CCc5cc6c(cc54)C4(CC[N+](C)([O-])CC4)CO6)cc3)c(C)c2)no1. The topological polar surface area (TPSA) is 91.5 Å². The molecular formula is C32H32N4O4. The van der Waals surface area contributed by atoms with Crippen molar-refractivity contribution in [2.75, 3.05) is 38.2 Å². The number of hydroxylamine groups is 3. The Hall–Kier alpha value is -4.01. The van der Waals surface area contributed by atoms with Crippen molar-refractivity contribution in [3.63, 3.8) is 0 Å². The van der Waals surface area contributed by atoms with Crippen LogP contribution in [0.3, 0.4) is 0 Å². The van der Waals surface area contributed by atoms with Crippen LogP contribution in [-0.4, -0.2) is 54.0 Å². The maximum absolute atomic E-state index is 13.7. The van der Waals surface area contributed by atoms with Gasteiger partial charge in [0.25, 0.3) is 5.91 Å². The number of ether oxygens (including phenoxy) is 1. The van der Waals surface area contributed by atoms with E-state index < -0.39 is 0 Å². The van der Waals surface area contributed by atoms with Crippen LogP contribution in [0.15, 0.2) is 59.1 Å². The Balaban J connectivity index is 1.13. The highest BCUT2D eigenvalue weighted by molar-refractivity contribution is 6.07. The predicted octanol–water partition coefficient (Wildman–Crippen LogP) is 5.59. The van der Waals surface area contributed by atoms with Gasteiger partial charge in [0, 0.05) is 54.1 Å². The quantitative estimate of drug-likeness (QED) is 0.250. The third-order valence-electron chi connectivity index (χ3n) is 8.98. The number of aromatic nitrogens is 2. The van der Waals surface area contributed by atoms with Crippen LogP contribution >= 0.6 is 0 Å². The van der Waals surface area contributed by atoms with E-state index in [-0.39, 0.29) is 16.0 Å². The van der Waals surface area contributed by atoms with Crippen molar-refractivity contribution in [1.82, 2.24) is 10.1 Å². The standard InChI is InChI=1S/C32H32N4O4/c1-20-16-25(30-33-21(2)40-34-30)8-9-26(20)22-4-6-23(7-5-22)31(37)35-13-10-24-17-29-27(18-28(24)35)32(19-39-29)11-14-36(3,38)15-12-32/h4-9,16-18H,10-15,19H2,1-3H3. The zero-order chi connectivity index (χ0) is 27.6. The summed E-state index contributed by atoms with van der Waals surface area (Å²) in [4.78, 5) is 19.9. The fourth-order valence-electron chi connectivity index (χ4n) is 6.50. The normalized spacial score (nSPS) is 23.2. The van der Waals surface area contributed by atoms with Gasteiger partial charge in [0.15, 0.2) is 0 Å². The Morgan fingerprint density at radius 1 is 1.02 bits per heavy atom. The second kappa shape index (κ2) is 9.01. The van der Waals surface area contributed by atoms with Crippen LogP contribution in [0.4, 0.5) is 5.69 Å². The molecule has 0 radical (unpaired) electrons. The van der Waals surface area contributed by atoms with E-state index in [4.69, 9.17) is 9.26 Å². The van der Waals surface area contributed by atoms with Crippen LogP contribution in [-0.2, 0) is 11.8 Å². The summed E-state index contributed by atoms with van der Waals surface area (Å²) in [5.74, 6) is 2.05. The van der Waals surface area contributed by atoms with Crippen molar-refractivity contribution in [1.29, 1.82) is 0 Å². The van der Waals surface area contributed by atoms with Crippen molar-refractivity contribution in [2.24, 2.45) is 0 Å². The number of likely N-dealkylation sites (tertiary alicyclic amines) is 1. The van der Waals surface area contributed by atoms with Crippen LogP contribution in [0.5, 0.6) is 5.75 Å². The van der Waals surface area contributed by atoms with Gasteiger partial charge in [-0.3, -0.25) is 4.79 Å². The van der Waals surface area contributed by atoms with E-state index in [0.717, 1.165) is 64.1 Å². The Kier molecular flexibility index (Phi) is 5.63. The predicted molar refractivity (Wildman–Crippen MR) is 152 cm³/mol. The van der Waals surface area contributed by atoms with E-state index in [1.165, 1.54) is 0 Å².